The Hall–Kier alpha value is -4.62. The number of unbranched alkanes of at least 4 members (excludes halogenated alkanes) is 2. The first-order valence-corrected chi connectivity index (χ1v) is 11.5. The molecule has 0 aliphatic rings. The summed E-state index contributed by atoms with van der Waals surface area (Å²) in [6.07, 6.45) is 5.65. The molecular weight excluding hydrogens is 508 g/mol. The molecule has 1 aromatic carbocycles. The third-order valence-electron chi connectivity index (χ3n) is 5.62. The second-order valence-electron chi connectivity index (χ2n) is 8.28. The van der Waals surface area contributed by atoms with Crippen LogP contribution in [0.15, 0.2) is 58.8 Å². The molecule has 0 radical (unpaired) electrons. The minimum absolute atomic E-state index is 0.170. The molecule has 14 heteroatoms. The normalized spacial score (nSPS) is 11.5. The number of nitrogens with one attached hydrogen (secondary N) is 1. The van der Waals surface area contributed by atoms with Gasteiger partial charge >= 0.3 is 6.18 Å². The number of anilines is 1. The number of nitrogen functional groups attached to an aromatic ring is 1. The number of fused-ring (bicyclic) bond motifs is 2. The third-order valence-corrected chi connectivity index (χ3v) is 5.62. The number of alkyl halides is 3. The van der Waals surface area contributed by atoms with E-state index in [-0.39, 0.29) is 16.9 Å². The minimum Gasteiger partial charge on any atom is -0.397 e. The summed E-state index contributed by atoms with van der Waals surface area (Å²) in [4.78, 5) is 31.5. The molecule has 10 nitrogen and oxygen atoms in total. The molecule has 0 unspecified atom stereocenters. The van der Waals surface area contributed by atoms with E-state index in [0.717, 1.165) is 25.5 Å². The number of benzene rings is 1. The van der Waals surface area contributed by atoms with E-state index < -0.39 is 28.8 Å². The summed E-state index contributed by atoms with van der Waals surface area (Å²) in [5, 5.41) is 10.1. The molecule has 0 amide bonds. The smallest absolute Gasteiger partial charge is 0.397 e. The Morgan fingerprint density at radius 2 is 1.89 bits per heavy atom. The summed E-state index contributed by atoms with van der Waals surface area (Å²) < 4.78 is 53.8. The number of H-pyrrole nitrogens is 1. The fourth-order valence-electron chi connectivity index (χ4n) is 3.75. The Balaban J connectivity index is 0.000000236. The number of nitrogens with zero attached hydrogens (tertiary/aromatic N) is 6. The monoisotopic (exact) mass is 530 g/mol. The number of aryl methyl sites for hydroxylation is 1. The summed E-state index contributed by atoms with van der Waals surface area (Å²) in [5.74, 6) is -0.241. The predicted molar refractivity (Wildman–Crippen MR) is 132 cm³/mol. The summed E-state index contributed by atoms with van der Waals surface area (Å²) >= 11 is 0. The Labute approximate surface area is 211 Å². The van der Waals surface area contributed by atoms with Crippen molar-refractivity contribution >= 4 is 22.1 Å². The maximum atomic E-state index is 14.7. The molecule has 4 heterocycles. The van der Waals surface area contributed by atoms with Crippen molar-refractivity contribution in [2.75, 3.05) is 5.73 Å². The molecule has 0 saturated heterocycles. The molecule has 0 spiro atoms. The molecule has 5 aromatic rings. The largest absolute Gasteiger partial charge is 0.423 e. The standard InChI is InChI=1S/C19H18FN5O.C5H4F3N3O/c1-2-3-4-7-24-8-5-13-10-15(16(20)11-14(13)19(24)26)18-22-17-12-21-6-9-25(17)23-18;6-5(7,8)3-2(9)1-10-11-4(3)12/h5-6,8-12H,2-4,7H2,1H3;1H,(H3,9,11,12). The lowest BCUT2D eigenvalue weighted by molar-refractivity contribution is -0.138. The highest BCUT2D eigenvalue weighted by atomic mass is 19.4. The van der Waals surface area contributed by atoms with Crippen LogP contribution in [0.4, 0.5) is 23.2 Å². The fourth-order valence-corrected chi connectivity index (χ4v) is 3.75. The lowest BCUT2D eigenvalue weighted by Crippen LogP contribution is -2.24. The third kappa shape index (κ3) is 5.53. The van der Waals surface area contributed by atoms with Gasteiger partial charge in [0.05, 0.1) is 29.0 Å². The molecule has 0 aliphatic heterocycles. The van der Waals surface area contributed by atoms with Crippen molar-refractivity contribution in [1.82, 2.24) is 34.3 Å². The van der Waals surface area contributed by atoms with Crippen LogP contribution in [0.5, 0.6) is 0 Å². The van der Waals surface area contributed by atoms with Gasteiger partial charge in [0, 0.05) is 25.1 Å². The van der Waals surface area contributed by atoms with Crippen molar-refractivity contribution in [3.8, 4) is 11.4 Å². The van der Waals surface area contributed by atoms with Gasteiger partial charge in [0.15, 0.2) is 11.5 Å². The lowest BCUT2D eigenvalue weighted by Gasteiger charge is -2.08. The van der Waals surface area contributed by atoms with E-state index in [2.05, 4.69) is 27.1 Å². The average molecular weight is 530 g/mol. The molecular formula is C24H22F4N8O2. The number of nitrogens with two attached hydrogens (primary N) is 1. The van der Waals surface area contributed by atoms with E-state index in [9.17, 15) is 27.2 Å². The van der Waals surface area contributed by atoms with Gasteiger partial charge in [-0.1, -0.05) is 19.8 Å². The SMILES string of the molecule is CCCCCn1ccc2cc(-c3nc4cnccn4n3)c(F)cc2c1=O.Nc1cn[nH]c(=O)c1C(F)(F)F. The van der Waals surface area contributed by atoms with Crippen LogP contribution >= 0.6 is 0 Å². The molecule has 0 aliphatic carbocycles. The van der Waals surface area contributed by atoms with Crippen LogP contribution in [0.25, 0.3) is 27.8 Å². The van der Waals surface area contributed by atoms with Gasteiger partial charge in [-0.3, -0.25) is 14.6 Å². The molecule has 38 heavy (non-hydrogen) atoms. The topological polar surface area (TPSA) is 137 Å². The highest BCUT2D eigenvalue weighted by Gasteiger charge is 2.36. The Morgan fingerprint density at radius 1 is 1.11 bits per heavy atom. The van der Waals surface area contributed by atoms with Crippen LogP contribution < -0.4 is 16.9 Å². The molecule has 0 bridgehead atoms. The fraction of sp³-hybridized carbons (Fsp3) is 0.250. The van der Waals surface area contributed by atoms with E-state index in [1.807, 2.05) is 6.07 Å². The van der Waals surface area contributed by atoms with Crippen LogP contribution in [-0.2, 0) is 12.7 Å². The Morgan fingerprint density at radius 3 is 2.55 bits per heavy atom. The average Bonchev–Trinajstić information content (AvgIpc) is 3.29. The number of rotatable bonds is 5. The van der Waals surface area contributed by atoms with Crippen LogP contribution in [0.3, 0.4) is 0 Å². The number of hydrogen-bond acceptors (Lipinski definition) is 7. The summed E-state index contributed by atoms with van der Waals surface area (Å²) in [6, 6.07) is 4.75. The Bertz CT molecular complexity index is 1680. The molecule has 3 N–H and O–H groups in total. The Kier molecular flexibility index (Phi) is 7.50. The first-order chi connectivity index (χ1) is 18.1. The second-order valence-corrected chi connectivity index (χ2v) is 8.28. The van der Waals surface area contributed by atoms with Crippen LogP contribution in [-0.4, -0.2) is 34.3 Å². The molecule has 0 saturated carbocycles. The maximum Gasteiger partial charge on any atom is 0.423 e. The zero-order chi connectivity index (χ0) is 27.4. The molecule has 0 atom stereocenters. The molecule has 0 fully saturated rings. The van der Waals surface area contributed by atoms with Crippen molar-refractivity contribution in [2.24, 2.45) is 0 Å². The second kappa shape index (κ2) is 10.8. The number of pyridine rings is 1. The number of hydrogen-bond donors (Lipinski definition) is 2. The zero-order valence-electron chi connectivity index (χ0n) is 20.0. The van der Waals surface area contributed by atoms with Crippen LogP contribution in [0.1, 0.15) is 31.7 Å². The van der Waals surface area contributed by atoms with Gasteiger partial charge in [-0.25, -0.2) is 19.0 Å². The number of halogens is 4. The molecule has 198 valence electrons. The van der Waals surface area contributed by atoms with Crippen molar-refractivity contribution < 1.29 is 17.6 Å². The molecule has 5 rings (SSSR count). The zero-order valence-corrected chi connectivity index (χ0v) is 20.0. The maximum absolute atomic E-state index is 14.7. The van der Waals surface area contributed by atoms with Crippen molar-refractivity contribution in [3.05, 3.63) is 81.3 Å². The summed E-state index contributed by atoms with van der Waals surface area (Å²) in [6.45, 7) is 2.76. The quantitative estimate of drug-likeness (QED) is 0.260. The van der Waals surface area contributed by atoms with Crippen molar-refractivity contribution in [1.29, 1.82) is 0 Å². The molecule has 4 aromatic heterocycles. The van der Waals surface area contributed by atoms with Gasteiger partial charge < -0.3 is 10.3 Å². The highest BCUT2D eigenvalue weighted by Crippen LogP contribution is 2.29. The van der Waals surface area contributed by atoms with E-state index in [1.165, 1.54) is 10.6 Å². The summed E-state index contributed by atoms with van der Waals surface area (Å²) in [7, 11) is 0. The van der Waals surface area contributed by atoms with Gasteiger partial charge in [-0.05, 0) is 30.0 Å². The lowest BCUT2D eigenvalue weighted by atomic mass is 10.1. The van der Waals surface area contributed by atoms with E-state index in [4.69, 9.17) is 5.73 Å². The highest BCUT2D eigenvalue weighted by molar-refractivity contribution is 5.86. The number of aromatic nitrogens is 7. The van der Waals surface area contributed by atoms with Crippen LogP contribution in [0.2, 0.25) is 0 Å². The van der Waals surface area contributed by atoms with Crippen molar-refractivity contribution in [3.63, 3.8) is 0 Å². The van der Waals surface area contributed by atoms with Crippen molar-refractivity contribution in [2.45, 2.75) is 38.9 Å². The van der Waals surface area contributed by atoms with Gasteiger partial charge in [-0.2, -0.15) is 18.3 Å². The van der Waals surface area contributed by atoms with E-state index in [0.29, 0.717) is 23.0 Å². The van der Waals surface area contributed by atoms with E-state index >= 15 is 0 Å². The number of aromatic amines is 1. The first-order valence-electron chi connectivity index (χ1n) is 11.5. The summed E-state index contributed by atoms with van der Waals surface area (Å²) in [5.41, 5.74) is 2.13. The van der Waals surface area contributed by atoms with Gasteiger partial charge in [0.2, 0.25) is 0 Å². The first kappa shape index (κ1) is 26.4. The predicted octanol–water partition coefficient (Wildman–Crippen LogP) is 3.81. The van der Waals surface area contributed by atoms with Gasteiger partial charge in [0.1, 0.15) is 11.4 Å². The van der Waals surface area contributed by atoms with Crippen LogP contribution in [0, 0.1) is 5.82 Å². The minimum atomic E-state index is -4.74. The van der Waals surface area contributed by atoms with Gasteiger partial charge in [0.25, 0.3) is 11.1 Å². The van der Waals surface area contributed by atoms with Gasteiger partial charge in [-0.15, -0.1) is 5.10 Å². The van der Waals surface area contributed by atoms with E-state index in [1.54, 1.807) is 40.5 Å².